The van der Waals surface area contributed by atoms with Gasteiger partial charge in [-0.05, 0) is 55.2 Å². The second-order valence-electron chi connectivity index (χ2n) is 9.77. The van der Waals surface area contributed by atoms with Crippen molar-refractivity contribution in [1.29, 1.82) is 0 Å². The first-order chi connectivity index (χ1) is 20.6. The third kappa shape index (κ3) is 5.82. The Labute approximate surface area is 246 Å². The van der Waals surface area contributed by atoms with E-state index in [4.69, 9.17) is 4.74 Å². The monoisotopic (exact) mass is 602 g/mol. The lowest BCUT2D eigenvalue weighted by atomic mass is 9.96. The van der Waals surface area contributed by atoms with Crippen LogP contribution in [0.15, 0.2) is 59.8 Å². The molecule has 0 bridgehead atoms. The Hall–Kier alpha value is -5.09. The molecule has 216 valence electrons. The van der Waals surface area contributed by atoms with Gasteiger partial charge >= 0.3 is 6.18 Å². The number of hydrogen-bond acceptors (Lipinski definition) is 8. The standard InChI is InChI=1S/C30H21F3N6O3S/c1-39-11-3-4-19(28(39)41)23-13-20(21-12-17(30(31,32)33)8-10-24(21)42-2)22(15-34-23)26(40)38-29-37-25-27(43-29)36-18(14-35-25)9-7-16-5-6-16/h3-4,8,10-16H,5-6H2,1-2H3,(H,35,37,38,40). The normalized spacial score (nSPS) is 13.0. The zero-order valence-corrected chi connectivity index (χ0v) is 23.5. The van der Waals surface area contributed by atoms with Crippen LogP contribution in [0.5, 0.6) is 5.75 Å². The molecule has 13 heteroatoms. The lowest BCUT2D eigenvalue weighted by Gasteiger charge is -2.16. The number of carbonyl (C=O) groups is 1. The number of carbonyl (C=O) groups excluding carboxylic acids is 1. The molecular formula is C30H21F3N6O3S. The zero-order valence-electron chi connectivity index (χ0n) is 22.7. The van der Waals surface area contributed by atoms with Crippen LogP contribution in [-0.2, 0) is 13.2 Å². The fraction of sp³-hybridized carbons (Fsp3) is 0.200. The van der Waals surface area contributed by atoms with Gasteiger partial charge in [-0.25, -0.2) is 9.97 Å². The minimum Gasteiger partial charge on any atom is -0.496 e. The number of methoxy groups -OCH3 is 1. The highest BCUT2D eigenvalue weighted by Gasteiger charge is 2.32. The van der Waals surface area contributed by atoms with E-state index < -0.39 is 17.6 Å². The molecule has 0 radical (unpaired) electrons. The molecule has 0 atom stereocenters. The first kappa shape index (κ1) is 28.0. The van der Waals surface area contributed by atoms with Gasteiger partial charge in [0.25, 0.3) is 11.5 Å². The van der Waals surface area contributed by atoms with Gasteiger partial charge in [0.1, 0.15) is 11.4 Å². The first-order valence-corrected chi connectivity index (χ1v) is 13.8. The highest BCUT2D eigenvalue weighted by molar-refractivity contribution is 7.21. The molecule has 0 unspecified atom stereocenters. The molecule has 1 aliphatic carbocycles. The summed E-state index contributed by atoms with van der Waals surface area (Å²) in [7, 11) is 2.88. The van der Waals surface area contributed by atoms with Gasteiger partial charge < -0.3 is 9.30 Å². The lowest BCUT2D eigenvalue weighted by molar-refractivity contribution is -0.137. The fourth-order valence-corrected chi connectivity index (χ4v) is 5.09. The van der Waals surface area contributed by atoms with Gasteiger partial charge in [0.2, 0.25) is 0 Å². The average Bonchev–Trinajstić information content (AvgIpc) is 3.74. The quantitative estimate of drug-likeness (QED) is 0.263. The van der Waals surface area contributed by atoms with Crippen molar-refractivity contribution in [2.24, 2.45) is 13.0 Å². The van der Waals surface area contributed by atoms with Gasteiger partial charge in [-0.3, -0.25) is 19.9 Å². The Morgan fingerprint density at radius 2 is 1.91 bits per heavy atom. The Balaban J connectivity index is 1.43. The maximum absolute atomic E-state index is 13.7. The van der Waals surface area contributed by atoms with E-state index in [0.717, 1.165) is 36.3 Å². The van der Waals surface area contributed by atoms with E-state index in [9.17, 15) is 22.8 Å². The summed E-state index contributed by atoms with van der Waals surface area (Å²) in [6, 6.07) is 7.55. The van der Waals surface area contributed by atoms with Gasteiger partial charge in [-0.1, -0.05) is 17.3 Å². The summed E-state index contributed by atoms with van der Waals surface area (Å²) in [5.74, 6) is 5.91. The number of benzene rings is 1. The second-order valence-corrected chi connectivity index (χ2v) is 10.7. The van der Waals surface area contributed by atoms with Crippen LogP contribution in [0.1, 0.15) is 34.5 Å². The summed E-state index contributed by atoms with van der Waals surface area (Å²) in [5, 5.41) is 2.86. The molecule has 9 nitrogen and oxygen atoms in total. The average molecular weight is 603 g/mol. The molecule has 1 N–H and O–H groups in total. The predicted octanol–water partition coefficient (Wildman–Crippen LogP) is 5.56. The number of aryl methyl sites for hydroxylation is 1. The molecule has 1 fully saturated rings. The Kier molecular flexibility index (Phi) is 7.15. The third-order valence-corrected chi connectivity index (χ3v) is 7.54. The highest BCUT2D eigenvalue weighted by Crippen LogP contribution is 2.39. The molecular weight excluding hydrogens is 581 g/mol. The molecule has 1 aromatic carbocycles. The topological polar surface area (TPSA) is 112 Å². The van der Waals surface area contributed by atoms with Crippen LogP contribution in [0.3, 0.4) is 0 Å². The zero-order chi connectivity index (χ0) is 30.3. The van der Waals surface area contributed by atoms with Crippen LogP contribution < -0.4 is 15.6 Å². The summed E-state index contributed by atoms with van der Waals surface area (Å²) in [4.78, 5) is 44.3. The number of ether oxygens (including phenoxy) is 1. The van der Waals surface area contributed by atoms with E-state index in [1.807, 2.05) is 0 Å². The van der Waals surface area contributed by atoms with Crippen molar-refractivity contribution in [1.82, 2.24) is 24.5 Å². The molecule has 1 aliphatic rings. The van der Waals surface area contributed by atoms with Crippen molar-refractivity contribution < 1.29 is 22.7 Å². The number of alkyl halides is 3. The molecule has 4 heterocycles. The van der Waals surface area contributed by atoms with Crippen LogP contribution in [0.25, 0.3) is 32.9 Å². The number of anilines is 1. The summed E-state index contributed by atoms with van der Waals surface area (Å²) in [6.45, 7) is 0. The number of nitrogens with one attached hydrogen (secondary N) is 1. The van der Waals surface area contributed by atoms with E-state index >= 15 is 0 Å². The third-order valence-electron chi connectivity index (χ3n) is 6.69. The van der Waals surface area contributed by atoms with Crippen molar-refractivity contribution in [3.05, 3.63) is 82.2 Å². The van der Waals surface area contributed by atoms with Crippen LogP contribution in [0.2, 0.25) is 0 Å². The Bertz CT molecular complexity index is 2020. The summed E-state index contributed by atoms with van der Waals surface area (Å²) < 4.78 is 47.9. The van der Waals surface area contributed by atoms with Crippen LogP contribution >= 0.6 is 11.3 Å². The molecule has 0 aliphatic heterocycles. The molecule has 43 heavy (non-hydrogen) atoms. The predicted molar refractivity (Wildman–Crippen MR) is 155 cm³/mol. The van der Waals surface area contributed by atoms with Gasteiger partial charge in [0.15, 0.2) is 15.6 Å². The number of hydrogen-bond donors (Lipinski definition) is 1. The lowest BCUT2D eigenvalue weighted by Crippen LogP contribution is -2.18. The number of pyridine rings is 2. The molecule has 4 aromatic heterocycles. The number of halogens is 3. The highest BCUT2D eigenvalue weighted by atomic mass is 32.1. The SMILES string of the molecule is COc1ccc(C(F)(F)F)cc1-c1cc(-c2cccn(C)c2=O)ncc1C(=O)Nc1nc2ncc(C#CC3CC3)nc2s1. The number of aromatic nitrogens is 5. The van der Waals surface area contributed by atoms with Gasteiger partial charge in [0, 0.05) is 36.5 Å². The minimum atomic E-state index is -4.66. The molecule has 1 amide bonds. The van der Waals surface area contributed by atoms with Gasteiger partial charge in [-0.15, -0.1) is 0 Å². The van der Waals surface area contributed by atoms with Crippen molar-refractivity contribution in [2.45, 2.75) is 19.0 Å². The number of amides is 1. The first-order valence-electron chi connectivity index (χ1n) is 13.0. The number of nitrogens with zero attached hydrogens (tertiary/aromatic N) is 5. The van der Waals surface area contributed by atoms with E-state index in [0.29, 0.717) is 22.1 Å². The minimum absolute atomic E-state index is 0.00890. The Morgan fingerprint density at radius 1 is 1.09 bits per heavy atom. The summed E-state index contributed by atoms with van der Waals surface area (Å²) >= 11 is 1.08. The van der Waals surface area contributed by atoms with Gasteiger partial charge in [-0.2, -0.15) is 18.2 Å². The van der Waals surface area contributed by atoms with Crippen LogP contribution in [0.4, 0.5) is 18.3 Å². The van der Waals surface area contributed by atoms with Crippen LogP contribution in [0, 0.1) is 17.8 Å². The molecule has 0 spiro atoms. The van der Waals surface area contributed by atoms with E-state index in [-0.39, 0.29) is 44.4 Å². The van der Waals surface area contributed by atoms with Gasteiger partial charge in [0.05, 0.1) is 35.7 Å². The van der Waals surface area contributed by atoms with E-state index in [1.54, 1.807) is 25.4 Å². The smallest absolute Gasteiger partial charge is 0.416 e. The second kappa shape index (κ2) is 11.0. The maximum Gasteiger partial charge on any atom is 0.416 e. The molecule has 5 aromatic rings. The summed E-state index contributed by atoms with van der Waals surface area (Å²) in [6.07, 6.45) is 1.78. The number of thiazole rings is 1. The van der Waals surface area contributed by atoms with Crippen molar-refractivity contribution in [3.8, 4) is 40.0 Å². The maximum atomic E-state index is 13.7. The largest absolute Gasteiger partial charge is 0.496 e. The molecule has 6 rings (SSSR count). The summed E-state index contributed by atoms with van der Waals surface area (Å²) in [5.41, 5.74) is -0.134. The van der Waals surface area contributed by atoms with Crippen molar-refractivity contribution >= 4 is 32.9 Å². The number of rotatable bonds is 5. The molecule has 1 saturated carbocycles. The van der Waals surface area contributed by atoms with E-state index in [1.165, 1.54) is 36.2 Å². The number of fused-ring (bicyclic) bond motifs is 1. The fourth-order valence-electron chi connectivity index (χ4n) is 4.30. The van der Waals surface area contributed by atoms with E-state index in [2.05, 4.69) is 37.1 Å². The van der Waals surface area contributed by atoms with Crippen molar-refractivity contribution in [2.75, 3.05) is 12.4 Å². The van der Waals surface area contributed by atoms with Crippen molar-refractivity contribution in [3.63, 3.8) is 0 Å². The Morgan fingerprint density at radius 3 is 2.65 bits per heavy atom. The molecule has 0 saturated heterocycles. The van der Waals surface area contributed by atoms with Crippen LogP contribution in [-0.4, -0.2) is 37.5 Å².